The van der Waals surface area contributed by atoms with E-state index in [-0.39, 0.29) is 5.97 Å². The maximum atomic E-state index is 11.6. The van der Waals surface area contributed by atoms with Crippen molar-refractivity contribution in [2.45, 2.75) is 26.2 Å². The third-order valence-electron chi connectivity index (χ3n) is 2.01. The molecule has 0 saturated carbocycles. The molecule has 4 heteroatoms. The molecule has 4 nitrogen and oxygen atoms in total. The Hall–Kier alpha value is -1.45. The minimum absolute atomic E-state index is 0.265. The van der Waals surface area contributed by atoms with Crippen LogP contribution >= 0.6 is 0 Å². The first kappa shape index (κ1) is 10.6. The average molecular weight is 194 g/mol. The molecule has 0 saturated heterocycles. The van der Waals surface area contributed by atoms with Crippen molar-refractivity contribution < 1.29 is 9.53 Å². The van der Waals surface area contributed by atoms with E-state index in [4.69, 9.17) is 4.74 Å². The summed E-state index contributed by atoms with van der Waals surface area (Å²) in [4.78, 5) is 19.4. The fraction of sp³-hybridized carbons (Fsp3) is 0.500. The van der Waals surface area contributed by atoms with E-state index in [1.54, 1.807) is 33.0 Å². The summed E-state index contributed by atoms with van der Waals surface area (Å²) in [6.45, 7) is 5.74. The molecule has 0 N–H and O–H groups in total. The van der Waals surface area contributed by atoms with Crippen molar-refractivity contribution in [3.8, 4) is 0 Å². The minimum atomic E-state index is -0.709. The van der Waals surface area contributed by atoms with Crippen LogP contribution in [0.2, 0.25) is 0 Å². The summed E-state index contributed by atoms with van der Waals surface area (Å²) in [5.74, 6) is -0.265. The summed E-state index contributed by atoms with van der Waals surface area (Å²) in [5.41, 5.74) is -0.0372. The van der Waals surface area contributed by atoms with Gasteiger partial charge in [0.2, 0.25) is 0 Å². The maximum absolute atomic E-state index is 11.6. The molecule has 14 heavy (non-hydrogen) atoms. The summed E-state index contributed by atoms with van der Waals surface area (Å²) < 4.78 is 4.96. The summed E-state index contributed by atoms with van der Waals surface area (Å²) in [6.07, 6.45) is 3.04. The van der Waals surface area contributed by atoms with Crippen LogP contribution in [0.25, 0.3) is 0 Å². The molecule has 0 aliphatic carbocycles. The zero-order valence-corrected chi connectivity index (χ0v) is 8.65. The van der Waals surface area contributed by atoms with E-state index >= 15 is 0 Å². The van der Waals surface area contributed by atoms with E-state index < -0.39 is 5.41 Å². The molecule has 0 aliphatic heterocycles. The fourth-order valence-corrected chi connectivity index (χ4v) is 1.08. The maximum Gasteiger partial charge on any atom is 0.317 e. The number of hydrogen-bond donors (Lipinski definition) is 0. The van der Waals surface area contributed by atoms with Crippen molar-refractivity contribution in [1.29, 1.82) is 0 Å². The number of rotatable bonds is 3. The Morgan fingerprint density at radius 1 is 1.57 bits per heavy atom. The number of aromatic nitrogens is 2. The van der Waals surface area contributed by atoms with E-state index in [2.05, 4.69) is 9.97 Å². The van der Waals surface area contributed by atoms with Gasteiger partial charge in [-0.15, -0.1) is 0 Å². The molecular formula is C10H14N2O2. The van der Waals surface area contributed by atoms with Crippen molar-refractivity contribution in [2.75, 3.05) is 6.61 Å². The zero-order chi connectivity index (χ0) is 10.6. The lowest BCUT2D eigenvalue weighted by Gasteiger charge is -2.20. The summed E-state index contributed by atoms with van der Waals surface area (Å²) in [7, 11) is 0. The predicted molar refractivity (Wildman–Crippen MR) is 51.7 cm³/mol. The second-order valence-corrected chi connectivity index (χ2v) is 3.44. The number of esters is 1. The average Bonchev–Trinajstić information content (AvgIpc) is 2.19. The van der Waals surface area contributed by atoms with E-state index in [0.717, 1.165) is 0 Å². The normalized spacial score (nSPS) is 11.1. The topological polar surface area (TPSA) is 52.1 Å². The van der Waals surface area contributed by atoms with Gasteiger partial charge in [0.25, 0.3) is 0 Å². The number of carbonyl (C=O) groups is 1. The standard InChI is InChI=1S/C10H14N2O2/c1-4-14-9(13)10(2,3)8-5-6-11-7-12-8/h5-7H,4H2,1-3H3. The van der Waals surface area contributed by atoms with E-state index in [9.17, 15) is 4.79 Å². The highest BCUT2D eigenvalue weighted by Gasteiger charge is 2.32. The smallest absolute Gasteiger partial charge is 0.317 e. The van der Waals surface area contributed by atoms with Gasteiger partial charge >= 0.3 is 5.97 Å². The molecule has 0 spiro atoms. The van der Waals surface area contributed by atoms with Gasteiger partial charge in [-0.1, -0.05) is 0 Å². The van der Waals surface area contributed by atoms with Crippen LogP contribution in [0, 0.1) is 0 Å². The second kappa shape index (κ2) is 4.17. The molecule has 0 amide bonds. The molecule has 0 unspecified atom stereocenters. The molecule has 0 fully saturated rings. The Bertz CT molecular complexity index is 309. The van der Waals surface area contributed by atoms with Crippen molar-refractivity contribution in [1.82, 2.24) is 9.97 Å². The molecule has 1 heterocycles. The van der Waals surface area contributed by atoms with E-state index in [0.29, 0.717) is 12.3 Å². The molecule has 0 aliphatic rings. The Morgan fingerprint density at radius 3 is 2.79 bits per heavy atom. The van der Waals surface area contributed by atoms with Crippen molar-refractivity contribution in [3.05, 3.63) is 24.3 Å². The first-order chi connectivity index (χ1) is 6.59. The molecule has 1 aromatic rings. The van der Waals surface area contributed by atoms with Crippen LogP contribution in [-0.4, -0.2) is 22.5 Å². The van der Waals surface area contributed by atoms with Gasteiger partial charge in [-0.25, -0.2) is 9.97 Å². The minimum Gasteiger partial charge on any atom is -0.465 e. The monoisotopic (exact) mass is 194 g/mol. The van der Waals surface area contributed by atoms with Crippen molar-refractivity contribution in [3.63, 3.8) is 0 Å². The molecule has 76 valence electrons. The number of ether oxygens (including phenoxy) is 1. The molecule has 1 aromatic heterocycles. The van der Waals surface area contributed by atoms with Gasteiger partial charge in [-0.3, -0.25) is 4.79 Å². The predicted octanol–water partition coefficient (Wildman–Crippen LogP) is 1.32. The number of carbonyl (C=O) groups excluding carboxylic acids is 1. The lowest BCUT2D eigenvalue weighted by Crippen LogP contribution is -2.32. The van der Waals surface area contributed by atoms with Crippen LogP contribution in [0.4, 0.5) is 0 Å². The van der Waals surface area contributed by atoms with Gasteiger partial charge in [0, 0.05) is 6.20 Å². The number of hydrogen-bond acceptors (Lipinski definition) is 4. The Balaban J connectivity index is 2.90. The quantitative estimate of drug-likeness (QED) is 0.681. The van der Waals surface area contributed by atoms with Gasteiger partial charge in [-0.2, -0.15) is 0 Å². The Morgan fingerprint density at radius 2 is 2.29 bits per heavy atom. The summed E-state index contributed by atoms with van der Waals surface area (Å²) in [5, 5.41) is 0. The van der Waals surface area contributed by atoms with Crippen LogP contribution in [-0.2, 0) is 14.9 Å². The SMILES string of the molecule is CCOC(=O)C(C)(C)c1ccncn1. The lowest BCUT2D eigenvalue weighted by molar-refractivity contribution is -0.148. The lowest BCUT2D eigenvalue weighted by atomic mass is 9.89. The van der Waals surface area contributed by atoms with Gasteiger partial charge in [0.05, 0.1) is 12.3 Å². The van der Waals surface area contributed by atoms with Crippen LogP contribution in [0.15, 0.2) is 18.6 Å². The largest absolute Gasteiger partial charge is 0.465 e. The van der Waals surface area contributed by atoms with Crippen LogP contribution in [0.1, 0.15) is 26.5 Å². The second-order valence-electron chi connectivity index (χ2n) is 3.44. The third-order valence-corrected chi connectivity index (χ3v) is 2.01. The van der Waals surface area contributed by atoms with Crippen molar-refractivity contribution >= 4 is 5.97 Å². The van der Waals surface area contributed by atoms with Crippen LogP contribution < -0.4 is 0 Å². The molecule has 0 aromatic carbocycles. The molecule has 0 radical (unpaired) electrons. The van der Waals surface area contributed by atoms with E-state index in [1.807, 2.05) is 0 Å². The molecular weight excluding hydrogens is 180 g/mol. The zero-order valence-electron chi connectivity index (χ0n) is 8.65. The van der Waals surface area contributed by atoms with Gasteiger partial charge in [0.1, 0.15) is 11.7 Å². The summed E-state index contributed by atoms with van der Waals surface area (Å²) >= 11 is 0. The summed E-state index contributed by atoms with van der Waals surface area (Å²) in [6, 6.07) is 1.72. The first-order valence-corrected chi connectivity index (χ1v) is 4.52. The van der Waals surface area contributed by atoms with E-state index in [1.165, 1.54) is 6.33 Å². The first-order valence-electron chi connectivity index (χ1n) is 4.52. The van der Waals surface area contributed by atoms with Crippen molar-refractivity contribution in [2.24, 2.45) is 0 Å². The Labute approximate surface area is 83.3 Å². The van der Waals surface area contributed by atoms with Gasteiger partial charge in [-0.05, 0) is 26.8 Å². The highest BCUT2D eigenvalue weighted by Crippen LogP contribution is 2.21. The molecule has 1 rings (SSSR count). The fourth-order valence-electron chi connectivity index (χ4n) is 1.08. The van der Waals surface area contributed by atoms with Crippen LogP contribution in [0.3, 0.4) is 0 Å². The van der Waals surface area contributed by atoms with Gasteiger partial charge in [0.15, 0.2) is 0 Å². The highest BCUT2D eigenvalue weighted by molar-refractivity contribution is 5.81. The number of nitrogens with zero attached hydrogens (tertiary/aromatic N) is 2. The van der Waals surface area contributed by atoms with Crippen LogP contribution in [0.5, 0.6) is 0 Å². The Kier molecular flexibility index (Phi) is 3.17. The third kappa shape index (κ3) is 2.07. The van der Waals surface area contributed by atoms with Gasteiger partial charge < -0.3 is 4.74 Å². The molecule has 0 atom stereocenters. The highest BCUT2D eigenvalue weighted by atomic mass is 16.5. The molecule has 0 bridgehead atoms.